The molecule has 1 heterocycles. The summed E-state index contributed by atoms with van der Waals surface area (Å²) in [7, 11) is 0. The second-order valence-electron chi connectivity index (χ2n) is 7.31. The van der Waals surface area contributed by atoms with E-state index < -0.39 is 5.97 Å². The van der Waals surface area contributed by atoms with Gasteiger partial charge in [0.05, 0.1) is 5.92 Å². The van der Waals surface area contributed by atoms with Crippen LogP contribution >= 0.6 is 0 Å². The molecule has 2 N–H and O–H groups in total. The summed E-state index contributed by atoms with van der Waals surface area (Å²) in [6.45, 7) is 1.08. The standard InChI is InChI=1S/C20H26N2O5/c23-18(13-27-17-4-2-1-3-5-17)22-10-8-14(9-11-22)19(24)21-16-7-6-15(12-16)20(25)26/h1-5,14-16H,6-13H2,(H,21,24)(H,25,26)/t15-,16+/m1/s1. The second kappa shape index (κ2) is 8.88. The fraction of sp³-hybridized carbons (Fsp3) is 0.550. The van der Waals surface area contributed by atoms with Gasteiger partial charge in [-0.3, -0.25) is 14.4 Å². The van der Waals surface area contributed by atoms with Gasteiger partial charge in [-0.2, -0.15) is 0 Å². The number of amides is 2. The van der Waals surface area contributed by atoms with Crippen LogP contribution in [0.4, 0.5) is 0 Å². The number of carboxylic acids is 1. The molecule has 3 rings (SSSR count). The molecule has 1 aromatic carbocycles. The monoisotopic (exact) mass is 374 g/mol. The number of likely N-dealkylation sites (tertiary alicyclic amines) is 1. The molecule has 1 aliphatic carbocycles. The van der Waals surface area contributed by atoms with Gasteiger partial charge >= 0.3 is 5.97 Å². The lowest BCUT2D eigenvalue weighted by Gasteiger charge is -2.31. The van der Waals surface area contributed by atoms with E-state index in [4.69, 9.17) is 9.84 Å². The van der Waals surface area contributed by atoms with Crippen molar-refractivity contribution in [3.8, 4) is 5.75 Å². The second-order valence-corrected chi connectivity index (χ2v) is 7.31. The summed E-state index contributed by atoms with van der Waals surface area (Å²) in [4.78, 5) is 37.5. The van der Waals surface area contributed by atoms with Crippen molar-refractivity contribution in [3.05, 3.63) is 30.3 Å². The van der Waals surface area contributed by atoms with Gasteiger partial charge in [-0.15, -0.1) is 0 Å². The molecule has 27 heavy (non-hydrogen) atoms. The predicted octanol–water partition coefficient (Wildman–Crippen LogP) is 1.67. The minimum Gasteiger partial charge on any atom is -0.484 e. The van der Waals surface area contributed by atoms with Crippen LogP contribution in [-0.2, 0) is 14.4 Å². The lowest BCUT2D eigenvalue weighted by Crippen LogP contribution is -2.46. The first-order valence-electron chi connectivity index (χ1n) is 9.51. The molecule has 1 saturated carbocycles. The zero-order chi connectivity index (χ0) is 19.2. The van der Waals surface area contributed by atoms with Gasteiger partial charge in [0, 0.05) is 25.0 Å². The Hall–Kier alpha value is -2.57. The molecule has 1 saturated heterocycles. The maximum atomic E-state index is 12.4. The number of hydrogen-bond donors (Lipinski definition) is 2. The van der Waals surface area contributed by atoms with Crippen LogP contribution in [-0.4, -0.2) is 53.5 Å². The number of nitrogens with one attached hydrogen (secondary N) is 1. The van der Waals surface area contributed by atoms with E-state index in [1.807, 2.05) is 30.3 Å². The zero-order valence-corrected chi connectivity index (χ0v) is 15.3. The third-order valence-corrected chi connectivity index (χ3v) is 5.45. The predicted molar refractivity (Wildman–Crippen MR) is 98.1 cm³/mol. The molecule has 1 aromatic rings. The summed E-state index contributed by atoms with van der Waals surface area (Å²) in [6, 6.07) is 9.17. The molecule has 2 atom stereocenters. The Bertz CT molecular complexity index is 670. The van der Waals surface area contributed by atoms with Crippen LogP contribution in [0.5, 0.6) is 5.75 Å². The molecule has 0 unspecified atom stereocenters. The molecule has 0 radical (unpaired) electrons. The summed E-state index contributed by atoms with van der Waals surface area (Å²) in [5, 5.41) is 12.0. The molecule has 2 aliphatic rings. The maximum Gasteiger partial charge on any atom is 0.306 e. The lowest BCUT2D eigenvalue weighted by atomic mass is 9.95. The fourth-order valence-corrected chi connectivity index (χ4v) is 3.80. The van der Waals surface area contributed by atoms with Crippen molar-refractivity contribution in [3.63, 3.8) is 0 Å². The summed E-state index contributed by atoms with van der Waals surface area (Å²) < 4.78 is 5.49. The molecule has 2 fully saturated rings. The van der Waals surface area contributed by atoms with Crippen LogP contribution in [0.1, 0.15) is 32.1 Å². The fourth-order valence-electron chi connectivity index (χ4n) is 3.80. The van der Waals surface area contributed by atoms with Crippen molar-refractivity contribution < 1.29 is 24.2 Å². The zero-order valence-electron chi connectivity index (χ0n) is 15.3. The first kappa shape index (κ1) is 19.2. The molecule has 0 bridgehead atoms. The molecular weight excluding hydrogens is 348 g/mol. The largest absolute Gasteiger partial charge is 0.484 e. The molecule has 0 spiro atoms. The molecule has 146 valence electrons. The Kier molecular flexibility index (Phi) is 6.32. The van der Waals surface area contributed by atoms with Crippen LogP contribution < -0.4 is 10.1 Å². The molecule has 1 aliphatic heterocycles. The molecule has 7 nitrogen and oxygen atoms in total. The Labute approximate surface area is 158 Å². The SMILES string of the molecule is O=C(N[C@H]1CC[C@@H](C(=O)O)C1)C1CCN(C(=O)COc2ccccc2)CC1. The van der Waals surface area contributed by atoms with E-state index >= 15 is 0 Å². The van der Waals surface area contributed by atoms with E-state index in [1.165, 1.54) is 0 Å². The van der Waals surface area contributed by atoms with Gasteiger partial charge in [-0.25, -0.2) is 0 Å². The van der Waals surface area contributed by atoms with Crippen molar-refractivity contribution in [2.24, 2.45) is 11.8 Å². The van der Waals surface area contributed by atoms with E-state index in [-0.39, 0.29) is 36.3 Å². The van der Waals surface area contributed by atoms with Crippen molar-refractivity contribution in [2.45, 2.75) is 38.1 Å². The smallest absolute Gasteiger partial charge is 0.306 e. The number of benzene rings is 1. The summed E-state index contributed by atoms with van der Waals surface area (Å²) in [5.41, 5.74) is 0. The van der Waals surface area contributed by atoms with Gasteiger partial charge in [-0.1, -0.05) is 18.2 Å². The number of aliphatic carboxylic acids is 1. The first-order valence-corrected chi connectivity index (χ1v) is 9.51. The van der Waals surface area contributed by atoms with Crippen molar-refractivity contribution in [2.75, 3.05) is 19.7 Å². The number of carboxylic acid groups (broad SMARTS) is 1. The van der Waals surface area contributed by atoms with Gasteiger partial charge in [0.15, 0.2) is 6.61 Å². The summed E-state index contributed by atoms with van der Waals surface area (Å²) in [6.07, 6.45) is 3.09. The van der Waals surface area contributed by atoms with Gasteiger partial charge in [0.2, 0.25) is 5.91 Å². The Morgan fingerprint density at radius 3 is 2.37 bits per heavy atom. The molecule has 0 aromatic heterocycles. The number of hydrogen-bond acceptors (Lipinski definition) is 4. The van der Waals surface area contributed by atoms with E-state index in [2.05, 4.69) is 5.32 Å². The van der Waals surface area contributed by atoms with E-state index in [1.54, 1.807) is 4.90 Å². The first-order chi connectivity index (χ1) is 13.0. The van der Waals surface area contributed by atoms with E-state index in [0.29, 0.717) is 44.5 Å². The Morgan fingerprint density at radius 1 is 1.04 bits per heavy atom. The van der Waals surface area contributed by atoms with Crippen molar-refractivity contribution in [1.82, 2.24) is 10.2 Å². The van der Waals surface area contributed by atoms with Crippen LogP contribution in [0.15, 0.2) is 30.3 Å². The summed E-state index contributed by atoms with van der Waals surface area (Å²) in [5.74, 6) is -0.670. The van der Waals surface area contributed by atoms with Crippen LogP contribution in [0, 0.1) is 11.8 Å². The average molecular weight is 374 g/mol. The minimum atomic E-state index is -0.781. The van der Waals surface area contributed by atoms with Gasteiger partial charge in [0.25, 0.3) is 5.91 Å². The normalized spacial score (nSPS) is 23.0. The lowest BCUT2D eigenvalue weighted by molar-refractivity contribution is -0.141. The number of rotatable bonds is 6. The van der Waals surface area contributed by atoms with Gasteiger partial charge < -0.3 is 20.1 Å². The quantitative estimate of drug-likeness (QED) is 0.790. The van der Waals surface area contributed by atoms with Crippen molar-refractivity contribution in [1.29, 1.82) is 0 Å². The Balaban J connectivity index is 1.38. The molecular formula is C20H26N2O5. The average Bonchev–Trinajstić information content (AvgIpc) is 3.16. The van der Waals surface area contributed by atoms with Crippen LogP contribution in [0.3, 0.4) is 0 Å². The number of nitrogens with zero attached hydrogens (tertiary/aromatic N) is 1. The highest BCUT2D eigenvalue weighted by Crippen LogP contribution is 2.26. The van der Waals surface area contributed by atoms with Crippen molar-refractivity contribution >= 4 is 17.8 Å². The Morgan fingerprint density at radius 2 is 1.74 bits per heavy atom. The number of para-hydroxylation sites is 1. The van der Waals surface area contributed by atoms with Gasteiger partial charge in [-0.05, 0) is 44.2 Å². The van der Waals surface area contributed by atoms with Crippen LogP contribution in [0.2, 0.25) is 0 Å². The number of carbonyl (C=O) groups is 3. The highest BCUT2D eigenvalue weighted by atomic mass is 16.5. The third-order valence-electron chi connectivity index (χ3n) is 5.45. The number of carbonyl (C=O) groups excluding carboxylic acids is 2. The molecule has 2 amide bonds. The maximum absolute atomic E-state index is 12.4. The van der Waals surface area contributed by atoms with Crippen LogP contribution in [0.25, 0.3) is 0 Å². The molecule has 7 heteroatoms. The third kappa shape index (κ3) is 5.21. The number of ether oxygens (including phenoxy) is 1. The van der Waals surface area contributed by atoms with E-state index in [0.717, 1.165) is 6.42 Å². The topological polar surface area (TPSA) is 95.9 Å². The minimum absolute atomic E-state index is 0.000469. The van der Waals surface area contributed by atoms with E-state index in [9.17, 15) is 14.4 Å². The number of piperidine rings is 1. The summed E-state index contributed by atoms with van der Waals surface area (Å²) >= 11 is 0. The highest BCUT2D eigenvalue weighted by Gasteiger charge is 2.33. The highest BCUT2D eigenvalue weighted by molar-refractivity contribution is 5.81. The van der Waals surface area contributed by atoms with Gasteiger partial charge in [0.1, 0.15) is 5.75 Å².